The lowest BCUT2D eigenvalue weighted by Gasteiger charge is -2.09. The molecule has 2 aromatic rings. The average Bonchev–Trinajstić information content (AvgIpc) is 2.26. The fourth-order valence-electron chi connectivity index (χ4n) is 1.72. The predicted octanol–water partition coefficient (Wildman–Crippen LogP) is 4.06. The van der Waals surface area contributed by atoms with E-state index in [-0.39, 0.29) is 5.56 Å². The van der Waals surface area contributed by atoms with Gasteiger partial charge in [-0.15, -0.1) is 0 Å². The maximum atomic E-state index is 13.5. The van der Waals surface area contributed by atoms with Crippen molar-refractivity contribution >= 4 is 0 Å². The van der Waals surface area contributed by atoms with E-state index in [1.165, 1.54) is 0 Å². The topological polar surface area (TPSA) is 9.23 Å². The van der Waals surface area contributed by atoms with Crippen molar-refractivity contribution in [2.24, 2.45) is 0 Å². The molecule has 0 atom stereocenters. The Morgan fingerprint density at radius 3 is 1.63 bits per heavy atom. The third-order valence-corrected chi connectivity index (χ3v) is 2.50. The second-order valence-corrected chi connectivity index (χ2v) is 3.72. The zero-order valence-corrected chi connectivity index (χ0v) is 9.61. The Bertz CT molecular complexity index is 593. The molecule has 100 valence electrons. The molecule has 0 saturated carbocycles. The summed E-state index contributed by atoms with van der Waals surface area (Å²) in [6.45, 7) is 0. The maximum absolute atomic E-state index is 13.5. The molecule has 0 aliphatic heterocycles. The van der Waals surface area contributed by atoms with E-state index in [4.69, 9.17) is 0 Å². The molecule has 0 aromatic heterocycles. The van der Waals surface area contributed by atoms with Crippen LogP contribution < -0.4 is 4.74 Å². The summed E-state index contributed by atoms with van der Waals surface area (Å²) in [6.07, 6.45) is 0. The van der Waals surface area contributed by atoms with Crippen molar-refractivity contribution in [3.63, 3.8) is 0 Å². The van der Waals surface area contributed by atoms with Crippen LogP contribution in [0.1, 0.15) is 0 Å². The van der Waals surface area contributed by atoms with Crippen LogP contribution in [0.15, 0.2) is 24.3 Å². The Labute approximate surface area is 105 Å². The molecular formula is C13H7F5O. The van der Waals surface area contributed by atoms with Gasteiger partial charge in [0, 0.05) is 12.1 Å². The highest BCUT2D eigenvalue weighted by molar-refractivity contribution is 5.66. The number of rotatable bonds is 2. The van der Waals surface area contributed by atoms with Crippen molar-refractivity contribution in [2.75, 3.05) is 7.11 Å². The van der Waals surface area contributed by atoms with Crippen molar-refractivity contribution in [3.05, 3.63) is 53.4 Å². The van der Waals surface area contributed by atoms with Crippen molar-refractivity contribution in [1.82, 2.24) is 0 Å². The van der Waals surface area contributed by atoms with Gasteiger partial charge < -0.3 is 4.74 Å². The number of halogens is 5. The second kappa shape index (κ2) is 4.87. The minimum atomic E-state index is -1.25. The third kappa shape index (κ3) is 2.38. The van der Waals surface area contributed by atoms with E-state index in [2.05, 4.69) is 4.74 Å². The molecule has 0 radical (unpaired) electrons. The minimum absolute atomic E-state index is 0.384. The van der Waals surface area contributed by atoms with E-state index >= 15 is 0 Å². The van der Waals surface area contributed by atoms with Crippen LogP contribution >= 0.6 is 0 Å². The summed E-state index contributed by atoms with van der Waals surface area (Å²) in [5.74, 6) is -6.50. The molecule has 0 aliphatic rings. The Morgan fingerprint density at radius 2 is 1.21 bits per heavy atom. The van der Waals surface area contributed by atoms with Crippen LogP contribution in [-0.4, -0.2) is 7.11 Å². The van der Waals surface area contributed by atoms with Crippen LogP contribution in [0.5, 0.6) is 5.75 Å². The molecule has 0 aliphatic carbocycles. The fraction of sp³-hybridized carbons (Fsp3) is 0.0769. The standard InChI is InChI=1S/C13H7F5O/c1-19-13-10(17)2-6(3-11(13)18)12-8(15)4-7(14)5-9(12)16/h2-5H,1H3. The molecule has 2 aromatic carbocycles. The zero-order chi connectivity index (χ0) is 14.2. The Balaban J connectivity index is 2.67. The first-order chi connectivity index (χ1) is 8.93. The molecule has 0 saturated heterocycles. The van der Waals surface area contributed by atoms with Crippen molar-refractivity contribution in [2.45, 2.75) is 0 Å². The van der Waals surface area contributed by atoms with E-state index in [1.54, 1.807) is 0 Å². The van der Waals surface area contributed by atoms with E-state index in [0.29, 0.717) is 24.3 Å². The molecule has 19 heavy (non-hydrogen) atoms. The number of methoxy groups -OCH3 is 1. The third-order valence-electron chi connectivity index (χ3n) is 2.50. The van der Waals surface area contributed by atoms with Crippen molar-refractivity contribution in [3.8, 4) is 16.9 Å². The fourth-order valence-corrected chi connectivity index (χ4v) is 1.72. The maximum Gasteiger partial charge on any atom is 0.190 e. The van der Waals surface area contributed by atoms with Crippen LogP contribution in [0.4, 0.5) is 22.0 Å². The monoisotopic (exact) mass is 274 g/mol. The second-order valence-electron chi connectivity index (χ2n) is 3.72. The van der Waals surface area contributed by atoms with Gasteiger partial charge >= 0.3 is 0 Å². The highest BCUT2D eigenvalue weighted by Crippen LogP contribution is 2.32. The SMILES string of the molecule is COc1c(F)cc(-c2c(F)cc(F)cc2F)cc1F. The number of benzene rings is 2. The summed E-state index contributed by atoms with van der Waals surface area (Å²) in [6, 6.07) is 2.28. The van der Waals surface area contributed by atoms with E-state index < -0.39 is 40.4 Å². The van der Waals surface area contributed by atoms with Gasteiger partial charge in [-0.3, -0.25) is 0 Å². The quantitative estimate of drug-likeness (QED) is 0.750. The highest BCUT2D eigenvalue weighted by atomic mass is 19.2. The van der Waals surface area contributed by atoms with Crippen LogP contribution in [0, 0.1) is 29.1 Å². The Hall–Kier alpha value is -2.11. The number of hydrogen-bond donors (Lipinski definition) is 0. The first-order valence-electron chi connectivity index (χ1n) is 5.12. The van der Waals surface area contributed by atoms with Crippen LogP contribution in [0.2, 0.25) is 0 Å². The van der Waals surface area contributed by atoms with Gasteiger partial charge in [-0.25, -0.2) is 22.0 Å². The Kier molecular flexibility index (Phi) is 3.42. The normalized spacial score (nSPS) is 10.6. The van der Waals surface area contributed by atoms with Gasteiger partial charge in [0.2, 0.25) is 0 Å². The molecule has 2 rings (SSSR count). The van der Waals surface area contributed by atoms with Gasteiger partial charge in [0.1, 0.15) is 17.5 Å². The van der Waals surface area contributed by atoms with E-state index in [0.717, 1.165) is 7.11 Å². The van der Waals surface area contributed by atoms with Crippen LogP contribution in [0.3, 0.4) is 0 Å². The first-order valence-corrected chi connectivity index (χ1v) is 5.12. The summed E-state index contributed by atoms with van der Waals surface area (Å²) in [4.78, 5) is 0. The van der Waals surface area contributed by atoms with Gasteiger partial charge in [-0.2, -0.15) is 0 Å². The van der Waals surface area contributed by atoms with Gasteiger partial charge in [-0.05, 0) is 17.7 Å². The zero-order valence-electron chi connectivity index (χ0n) is 9.61. The molecule has 1 nitrogen and oxygen atoms in total. The average molecular weight is 274 g/mol. The lowest BCUT2D eigenvalue weighted by Crippen LogP contribution is -1.97. The first kappa shape index (κ1) is 13.3. The predicted molar refractivity (Wildman–Crippen MR) is 58.2 cm³/mol. The van der Waals surface area contributed by atoms with E-state index in [9.17, 15) is 22.0 Å². The van der Waals surface area contributed by atoms with Gasteiger partial charge in [0.15, 0.2) is 17.4 Å². The van der Waals surface area contributed by atoms with Crippen molar-refractivity contribution < 1.29 is 26.7 Å². The summed E-state index contributed by atoms with van der Waals surface area (Å²) < 4.78 is 71.1. The van der Waals surface area contributed by atoms with Gasteiger partial charge in [0.05, 0.1) is 12.7 Å². The lowest BCUT2D eigenvalue weighted by atomic mass is 10.0. The molecule has 0 spiro atoms. The molecule has 0 amide bonds. The molecule has 0 heterocycles. The Morgan fingerprint density at radius 1 is 0.737 bits per heavy atom. The molecule has 0 N–H and O–H groups in total. The van der Waals surface area contributed by atoms with Crippen LogP contribution in [0.25, 0.3) is 11.1 Å². The number of hydrogen-bond acceptors (Lipinski definition) is 1. The lowest BCUT2D eigenvalue weighted by molar-refractivity contribution is 0.360. The molecule has 0 fully saturated rings. The summed E-state index contributed by atoms with van der Waals surface area (Å²) in [5, 5.41) is 0. The van der Waals surface area contributed by atoms with Gasteiger partial charge in [0.25, 0.3) is 0 Å². The van der Waals surface area contributed by atoms with Crippen molar-refractivity contribution in [1.29, 1.82) is 0 Å². The molecular weight excluding hydrogens is 267 g/mol. The summed E-state index contributed by atoms with van der Waals surface area (Å²) in [5.41, 5.74) is -1.09. The molecule has 6 heteroatoms. The molecule has 0 bridgehead atoms. The largest absolute Gasteiger partial charge is 0.491 e. The minimum Gasteiger partial charge on any atom is -0.491 e. The van der Waals surface area contributed by atoms with E-state index in [1.807, 2.05) is 0 Å². The van der Waals surface area contributed by atoms with Crippen LogP contribution in [-0.2, 0) is 0 Å². The summed E-state index contributed by atoms with van der Waals surface area (Å²) >= 11 is 0. The smallest absolute Gasteiger partial charge is 0.190 e. The summed E-state index contributed by atoms with van der Waals surface area (Å²) in [7, 11) is 1.06. The highest BCUT2D eigenvalue weighted by Gasteiger charge is 2.18. The van der Waals surface area contributed by atoms with Gasteiger partial charge in [-0.1, -0.05) is 0 Å². The molecule has 0 unspecified atom stereocenters. The number of ether oxygens (including phenoxy) is 1.